The van der Waals surface area contributed by atoms with Crippen molar-refractivity contribution >= 4 is 29.3 Å². The molecule has 1 saturated carbocycles. The van der Waals surface area contributed by atoms with Crippen molar-refractivity contribution in [3.63, 3.8) is 0 Å². The number of nitrogens with two attached hydrogens (primary N) is 1. The maximum Gasteiger partial charge on any atom is 0.231 e. The van der Waals surface area contributed by atoms with E-state index in [1.54, 1.807) is 44.7 Å². The van der Waals surface area contributed by atoms with Crippen LogP contribution in [0.15, 0.2) is 41.5 Å². The number of ether oxygens (including phenoxy) is 2. The Morgan fingerprint density at radius 1 is 1.11 bits per heavy atom. The smallest absolute Gasteiger partial charge is 0.231 e. The molecule has 1 amide bonds. The second kappa shape index (κ2) is 13.8. The summed E-state index contributed by atoms with van der Waals surface area (Å²) in [4.78, 5) is 34.3. The number of carbonyl (C=O) groups excluding carboxylic acids is 2. The molecule has 0 unspecified atom stereocenters. The number of ketones is 1. The van der Waals surface area contributed by atoms with Crippen LogP contribution in [-0.2, 0) is 22.4 Å². The first kappa shape index (κ1) is 27.5. The molecule has 1 aliphatic carbocycles. The first-order chi connectivity index (χ1) is 17.4. The van der Waals surface area contributed by atoms with Gasteiger partial charge in [0.05, 0.1) is 20.6 Å². The molecule has 0 saturated heterocycles. The number of hydrogen-bond donors (Lipinski definition) is 2. The minimum atomic E-state index is -0.588. The number of rotatable bonds is 11. The van der Waals surface area contributed by atoms with Gasteiger partial charge in [0.25, 0.3) is 0 Å². The van der Waals surface area contributed by atoms with Crippen LogP contribution in [0.3, 0.4) is 0 Å². The van der Waals surface area contributed by atoms with Crippen LogP contribution in [0.4, 0.5) is 0 Å². The zero-order valence-electron chi connectivity index (χ0n) is 21.0. The van der Waals surface area contributed by atoms with E-state index in [0.717, 1.165) is 24.0 Å². The summed E-state index contributed by atoms with van der Waals surface area (Å²) in [6.45, 7) is 0. The Bertz CT molecular complexity index is 1050. The number of aryl methyl sites for hydroxylation is 1. The Morgan fingerprint density at radius 3 is 2.50 bits per heavy atom. The molecule has 0 spiro atoms. The highest BCUT2D eigenvalue weighted by Crippen LogP contribution is 2.29. The molecule has 3 N–H and O–H groups in total. The first-order valence-electron chi connectivity index (χ1n) is 12.3. The second-order valence-corrected chi connectivity index (χ2v) is 9.53. The fraction of sp³-hybridized carbons (Fsp3) is 0.481. The Hall–Kier alpha value is -3.13. The quantitative estimate of drug-likeness (QED) is 0.263. The average Bonchev–Trinajstić information content (AvgIpc) is 2.88. The summed E-state index contributed by atoms with van der Waals surface area (Å²) in [5.41, 5.74) is 7.77. The van der Waals surface area contributed by atoms with Crippen LogP contribution in [0, 0.1) is 5.92 Å². The van der Waals surface area contributed by atoms with Crippen molar-refractivity contribution in [2.24, 2.45) is 16.6 Å². The van der Waals surface area contributed by atoms with Crippen molar-refractivity contribution < 1.29 is 19.1 Å². The van der Waals surface area contributed by atoms with Crippen LogP contribution >= 0.6 is 11.6 Å². The van der Waals surface area contributed by atoms with Gasteiger partial charge in [-0.1, -0.05) is 55.8 Å². The maximum absolute atomic E-state index is 13.2. The zero-order chi connectivity index (χ0) is 25.9. The summed E-state index contributed by atoms with van der Waals surface area (Å²) in [6, 6.07) is 8.26. The highest BCUT2D eigenvalue weighted by atomic mass is 35.5. The molecule has 1 heterocycles. The topological polar surface area (TPSA) is 116 Å². The number of nitrogens with one attached hydrogen (secondary N) is 1. The number of amides is 1. The van der Waals surface area contributed by atoms with E-state index in [1.807, 2.05) is 6.07 Å². The van der Waals surface area contributed by atoms with E-state index in [4.69, 9.17) is 26.8 Å². The molecule has 1 atom stereocenters. The van der Waals surface area contributed by atoms with Gasteiger partial charge in [-0.2, -0.15) is 0 Å². The number of guanidine groups is 1. The lowest BCUT2D eigenvalue weighted by Gasteiger charge is -2.24. The Kier molecular flexibility index (Phi) is 10.5. The number of Topliss-reactive ketones (excluding diaryl/α,β-unsaturated/α-hetero) is 1. The maximum atomic E-state index is 13.2. The molecule has 1 aliphatic rings. The molecule has 3 rings (SSSR count). The number of carbonyl (C=O) groups is 2. The van der Waals surface area contributed by atoms with E-state index < -0.39 is 6.04 Å². The molecule has 8 nitrogen and oxygen atoms in total. The molecule has 0 aliphatic heterocycles. The highest BCUT2D eigenvalue weighted by molar-refractivity contribution is 6.29. The number of methoxy groups -OCH3 is 2. The first-order valence-corrected chi connectivity index (χ1v) is 12.7. The number of benzene rings is 1. The summed E-state index contributed by atoms with van der Waals surface area (Å²) in [5.74, 6) is 1.21. The van der Waals surface area contributed by atoms with Crippen molar-refractivity contribution in [1.29, 1.82) is 0 Å². The third-order valence-corrected chi connectivity index (χ3v) is 6.70. The van der Waals surface area contributed by atoms with E-state index >= 15 is 0 Å². The van der Waals surface area contributed by atoms with E-state index in [0.29, 0.717) is 41.8 Å². The average molecular weight is 515 g/mol. The van der Waals surface area contributed by atoms with Crippen molar-refractivity contribution in [2.45, 2.75) is 63.8 Å². The summed E-state index contributed by atoms with van der Waals surface area (Å²) in [5, 5.41) is 3.05. The molecule has 194 valence electrons. The lowest BCUT2D eigenvalue weighted by molar-refractivity contribution is -0.121. The monoisotopic (exact) mass is 514 g/mol. The Balaban J connectivity index is 1.64. The summed E-state index contributed by atoms with van der Waals surface area (Å²) in [6.07, 6.45) is 9.02. The van der Waals surface area contributed by atoms with Gasteiger partial charge in [0.15, 0.2) is 23.2 Å². The molecule has 0 bridgehead atoms. The number of aromatic nitrogens is 1. The van der Waals surface area contributed by atoms with Gasteiger partial charge in [-0.15, -0.1) is 0 Å². The van der Waals surface area contributed by atoms with E-state index in [1.165, 1.54) is 19.3 Å². The number of nitrogens with zero attached hydrogens (tertiary/aromatic N) is 2. The fourth-order valence-corrected chi connectivity index (χ4v) is 4.66. The number of aliphatic imine (C=N–C) groups is 1. The number of halogens is 1. The number of pyridine rings is 1. The molecule has 36 heavy (non-hydrogen) atoms. The van der Waals surface area contributed by atoms with E-state index in [-0.39, 0.29) is 24.1 Å². The van der Waals surface area contributed by atoms with Crippen molar-refractivity contribution in [3.05, 3.63) is 52.8 Å². The zero-order valence-corrected chi connectivity index (χ0v) is 21.7. The minimum absolute atomic E-state index is 0.00705. The Labute approximate surface area is 217 Å². The van der Waals surface area contributed by atoms with Crippen molar-refractivity contribution in [1.82, 2.24) is 10.3 Å². The second-order valence-electron chi connectivity index (χ2n) is 9.14. The molecule has 9 heteroatoms. The standard InChI is InChI=1S/C27H35ClN4O4/c1-35-23-12-9-20(15-24(23)36-2)16-26(34)32-27(29)31-21(14-18-6-4-3-5-7-18)22(33)11-8-19-10-13-25(28)30-17-19/h9-10,12-13,15,17-18,21H,3-8,11,14,16H2,1-2H3,(H3,29,31,32,34)/t21-/m1/s1. The molecule has 0 radical (unpaired) electrons. The van der Waals surface area contributed by atoms with Crippen LogP contribution < -0.4 is 20.5 Å². The highest BCUT2D eigenvalue weighted by Gasteiger charge is 2.24. The van der Waals surface area contributed by atoms with Crippen LogP contribution in [0.2, 0.25) is 5.15 Å². The fourth-order valence-electron chi connectivity index (χ4n) is 4.55. The van der Waals surface area contributed by atoms with Crippen LogP contribution in [0.5, 0.6) is 11.5 Å². The molecule has 1 aromatic carbocycles. The van der Waals surface area contributed by atoms with Gasteiger partial charge >= 0.3 is 0 Å². The van der Waals surface area contributed by atoms with Gasteiger partial charge < -0.3 is 15.2 Å². The SMILES string of the molecule is COc1ccc(CC(=O)NC(N)=N[C@H](CC2CCCCC2)C(=O)CCc2ccc(Cl)nc2)cc1OC. The van der Waals surface area contributed by atoms with E-state index in [2.05, 4.69) is 15.3 Å². The van der Waals surface area contributed by atoms with Gasteiger partial charge in [0, 0.05) is 12.6 Å². The molecular formula is C27H35ClN4O4. The summed E-state index contributed by atoms with van der Waals surface area (Å²) >= 11 is 5.86. The minimum Gasteiger partial charge on any atom is -0.493 e. The summed E-state index contributed by atoms with van der Waals surface area (Å²) < 4.78 is 10.5. The van der Waals surface area contributed by atoms with Crippen molar-refractivity contribution in [3.8, 4) is 11.5 Å². The van der Waals surface area contributed by atoms with Crippen LogP contribution in [0.25, 0.3) is 0 Å². The third-order valence-electron chi connectivity index (χ3n) is 6.48. The van der Waals surface area contributed by atoms with Crippen LogP contribution in [0.1, 0.15) is 56.1 Å². The van der Waals surface area contributed by atoms with E-state index in [9.17, 15) is 9.59 Å². The lowest BCUT2D eigenvalue weighted by Crippen LogP contribution is -2.40. The summed E-state index contributed by atoms with van der Waals surface area (Å²) in [7, 11) is 3.10. The lowest BCUT2D eigenvalue weighted by atomic mass is 9.83. The molecular weight excluding hydrogens is 480 g/mol. The van der Waals surface area contributed by atoms with Gasteiger partial charge in [0.2, 0.25) is 5.91 Å². The molecule has 1 aromatic heterocycles. The molecule has 1 fully saturated rings. The van der Waals surface area contributed by atoms with Gasteiger partial charge in [-0.3, -0.25) is 14.9 Å². The predicted molar refractivity (Wildman–Crippen MR) is 141 cm³/mol. The normalized spacial score (nSPS) is 15.2. The molecule has 2 aromatic rings. The third kappa shape index (κ3) is 8.52. The van der Waals surface area contributed by atoms with Gasteiger partial charge in [0.1, 0.15) is 11.2 Å². The van der Waals surface area contributed by atoms with Crippen molar-refractivity contribution in [2.75, 3.05) is 14.2 Å². The Morgan fingerprint density at radius 2 is 1.83 bits per heavy atom. The number of hydrogen-bond acceptors (Lipinski definition) is 6. The predicted octanol–water partition coefficient (Wildman–Crippen LogP) is 4.27. The largest absolute Gasteiger partial charge is 0.493 e. The van der Waals surface area contributed by atoms with Gasteiger partial charge in [-0.05, 0) is 48.1 Å². The van der Waals surface area contributed by atoms with Gasteiger partial charge in [-0.25, -0.2) is 9.98 Å². The van der Waals surface area contributed by atoms with Crippen LogP contribution in [-0.4, -0.2) is 42.9 Å².